The van der Waals surface area contributed by atoms with Crippen LogP contribution in [-0.4, -0.2) is 62.7 Å². The molecule has 0 unspecified atom stereocenters. The molecule has 11 nitrogen and oxygen atoms in total. The zero-order chi connectivity index (χ0) is 26.3. The SMILES string of the molecule is Cc1cc(Nc2ncnc3ccc(O[C@@H]4CCN(S(C)(=O)=O)C4)cc23)ccc1Oc1ccn2ncnc2c1. The molecule has 4 heterocycles. The summed E-state index contributed by atoms with van der Waals surface area (Å²) in [5, 5.41) is 8.27. The Bertz CT molecular complexity index is 1760. The van der Waals surface area contributed by atoms with Crippen LogP contribution in [0.1, 0.15) is 12.0 Å². The number of sulfonamides is 1. The van der Waals surface area contributed by atoms with Crippen LogP contribution in [0.25, 0.3) is 16.6 Å². The monoisotopic (exact) mass is 531 g/mol. The van der Waals surface area contributed by atoms with Gasteiger partial charge in [0.1, 0.15) is 41.8 Å². The van der Waals surface area contributed by atoms with Gasteiger partial charge in [0.15, 0.2) is 5.65 Å². The fraction of sp³-hybridized carbons (Fsp3) is 0.231. The Morgan fingerprint density at radius 2 is 1.89 bits per heavy atom. The highest BCUT2D eigenvalue weighted by atomic mass is 32.2. The summed E-state index contributed by atoms with van der Waals surface area (Å²) < 4.78 is 39.0. The molecule has 0 bridgehead atoms. The molecule has 194 valence electrons. The van der Waals surface area contributed by atoms with Crippen LogP contribution >= 0.6 is 0 Å². The molecule has 0 aliphatic carbocycles. The van der Waals surface area contributed by atoms with Crippen molar-refractivity contribution in [2.75, 3.05) is 24.7 Å². The predicted octanol–water partition coefficient (Wildman–Crippen LogP) is 3.93. The van der Waals surface area contributed by atoms with E-state index in [0.29, 0.717) is 42.5 Å². The maximum atomic E-state index is 11.8. The van der Waals surface area contributed by atoms with Crippen LogP contribution in [0.3, 0.4) is 0 Å². The van der Waals surface area contributed by atoms with Gasteiger partial charge in [-0.3, -0.25) is 0 Å². The Morgan fingerprint density at radius 1 is 1.00 bits per heavy atom. The summed E-state index contributed by atoms with van der Waals surface area (Å²) in [6.45, 7) is 2.77. The van der Waals surface area contributed by atoms with Crippen LogP contribution in [0.4, 0.5) is 11.5 Å². The first kappa shape index (κ1) is 24.1. The standard InChI is InChI=1S/C26H25N7O4S/c1-17-11-18(3-6-24(17)37-20-8-10-33-25(13-20)28-16-30-33)31-26-22-12-19(4-5-23(22)27-15-29-26)36-21-7-9-32(14-21)38(2,34)35/h3-6,8,10-13,15-16,21H,7,9,14H2,1-2H3,(H,27,29,31)/t21-/m1/s1. The van der Waals surface area contributed by atoms with E-state index in [-0.39, 0.29) is 6.10 Å². The fourth-order valence-corrected chi connectivity index (χ4v) is 5.34. The molecule has 5 aromatic rings. The van der Waals surface area contributed by atoms with E-state index in [4.69, 9.17) is 9.47 Å². The number of aryl methyl sites for hydroxylation is 1. The first-order valence-corrected chi connectivity index (χ1v) is 13.9. The molecule has 12 heteroatoms. The molecular weight excluding hydrogens is 506 g/mol. The quantitative estimate of drug-likeness (QED) is 0.333. The van der Waals surface area contributed by atoms with E-state index in [1.807, 2.05) is 55.5 Å². The molecule has 1 fully saturated rings. The second kappa shape index (κ2) is 9.54. The van der Waals surface area contributed by atoms with Crippen molar-refractivity contribution < 1.29 is 17.9 Å². The minimum atomic E-state index is -3.23. The fourth-order valence-electron chi connectivity index (χ4n) is 4.46. The van der Waals surface area contributed by atoms with Gasteiger partial charge >= 0.3 is 0 Å². The Kier molecular flexibility index (Phi) is 6.04. The summed E-state index contributed by atoms with van der Waals surface area (Å²) in [6.07, 6.45) is 6.47. The number of benzene rings is 2. The molecule has 0 amide bonds. The van der Waals surface area contributed by atoms with Crippen LogP contribution in [0, 0.1) is 6.92 Å². The minimum absolute atomic E-state index is 0.205. The van der Waals surface area contributed by atoms with Crippen molar-refractivity contribution in [2.24, 2.45) is 0 Å². The molecule has 0 radical (unpaired) electrons. The summed E-state index contributed by atoms with van der Waals surface area (Å²) in [4.78, 5) is 13.0. The summed E-state index contributed by atoms with van der Waals surface area (Å²) >= 11 is 0. The maximum Gasteiger partial charge on any atom is 0.211 e. The molecule has 1 aliphatic rings. The molecule has 0 saturated carbocycles. The molecule has 3 aromatic heterocycles. The van der Waals surface area contributed by atoms with E-state index in [9.17, 15) is 8.42 Å². The highest BCUT2D eigenvalue weighted by molar-refractivity contribution is 7.88. The van der Waals surface area contributed by atoms with Crippen molar-refractivity contribution in [1.82, 2.24) is 28.9 Å². The maximum absolute atomic E-state index is 11.8. The molecule has 1 saturated heterocycles. The van der Waals surface area contributed by atoms with Gasteiger partial charge in [0, 0.05) is 29.9 Å². The van der Waals surface area contributed by atoms with Gasteiger partial charge in [-0.15, -0.1) is 0 Å². The first-order valence-electron chi connectivity index (χ1n) is 12.0. The molecule has 1 N–H and O–H groups in total. The molecule has 38 heavy (non-hydrogen) atoms. The number of fused-ring (bicyclic) bond motifs is 2. The van der Waals surface area contributed by atoms with Crippen molar-refractivity contribution in [3.05, 3.63) is 72.9 Å². The summed E-state index contributed by atoms with van der Waals surface area (Å²) in [5.41, 5.74) is 3.25. The van der Waals surface area contributed by atoms with Gasteiger partial charge in [0.2, 0.25) is 10.0 Å². The summed E-state index contributed by atoms with van der Waals surface area (Å²) in [5.74, 6) is 2.67. The van der Waals surface area contributed by atoms with E-state index in [0.717, 1.165) is 27.9 Å². The number of rotatable bonds is 7. The average molecular weight is 532 g/mol. The molecule has 2 aromatic carbocycles. The van der Waals surface area contributed by atoms with E-state index in [2.05, 4.69) is 25.4 Å². The molecule has 1 atom stereocenters. The minimum Gasteiger partial charge on any atom is -0.489 e. The number of hydrogen-bond donors (Lipinski definition) is 1. The lowest BCUT2D eigenvalue weighted by Gasteiger charge is -2.16. The van der Waals surface area contributed by atoms with Crippen LogP contribution in [0.15, 0.2) is 67.4 Å². The zero-order valence-electron chi connectivity index (χ0n) is 20.8. The molecule has 6 rings (SSSR count). The number of aromatic nitrogens is 5. The lowest BCUT2D eigenvalue weighted by Crippen LogP contribution is -2.29. The number of ether oxygens (including phenoxy) is 2. The Morgan fingerprint density at radius 3 is 2.71 bits per heavy atom. The third kappa shape index (κ3) is 4.95. The topological polar surface area (TPSA) is 124 Å². The smallest absolute Gasteiger partial charge is 0.211 e. The van der Waals surface area contributed by atoms with E-state index >= 15 is 0 Å². The number of hydrogen-bond acceptors (Lipinski definition) is 9. The highest BCUT2D eigenvalue weighted by Crippen LogP contribution is 2.31. The first-order chi connectivity index (χ1) is 18.3. The lowest BCUT2D eigenvalue weighted by atomic mass is 10.2. The van der Waals surface area contributed by atoms with E-state index in [1.54, 1.807) is 10.7 Å². The number of anilines is 2. The van der Waals surface area contributed by atoms with Crippen molar-refractivity contribution in [3.8, 4) is 17.2 Å². The summed E-state index contributed by atoms with van der Waals surface area (Å²) in [7, 11) is -3.23. The lowest BCUT2D eigenvalue weighted by molar-refractivity contribution is 0.216. The van der Waals surface area contributed by atoms with Crippen molar-refractivity contribution in [2.45, 2.75) is 19.4 Å². The van der Waals surface area contributed by atoms with Crippen molar-refractivity contribution >= 4 is 38.1 Å². The van der Waals surface area contributed by atoms with Crippen molar-refractivity contribution in [3.63, 3.8) is 0 Å². The van der Waals surface area contributed by atoms with Crippen LogP contribution in [0.5, 0.6) is 17.2 Å². The van der Waals surface area contributed by atoms with Gasteiger partial charge in [-0.05, 0) is 61.4 Å². The predicted molar refractivity (Wildman–Crippen MR) is 143 cm³/mol. The van der Waals surface area contributed by atoms with E-state index in [1.165, 1.54) is 23.2 Å². The zero-order valence-corrected chi connectivity index (χ0v) is 21.6. The van der Waals surface area contributed by atoms with Gasteiger partial charge < -0.3 is 14.8 Å². The third-order valence-corrected chi connectivity index (χ3v) is 7.67. The number of nitrogens with one attached hydrogen (secondary N) is 1. The number of nitrogens with zero attached hydrogens (tertiary/aromatic N) is 6. The van der Waals surface area contributed by atoms with Crippen LogP contribution in [-0.2, 0) is 10.0 Å². The van der Waals surface area contributed by atoms with Gasteiger partial charge in [-0.25, -0.2) is 27.9 Å². The molecular formula is C26H25N7O4S. The number of pyridine rings is 1. The Balaban J connectivity index is 1.20. The Labute approximate surface area is 219 Å². The normalized spacial score (nSPS) is 16.2. The van der Waals surface area contributed by atoms with E-state index < -0.39 is 10.0 Å². The van der Waals surface area contributed by atoms with Gasteiger partial charge in [-0.2, -0.15) is 9.40 Å². The second-order valence-corrected chi connectivity index (χ2v) is 11.2. The third-order valence-electron chi connectivity index (χ3n) is 6.40. The second-order valence-electron chi connectivity index (χ2n) is 9.18. The molecule has 1 aliphatic heterocycles. The largest absolute Gasteiger partial charge is 0.489 e. The average Bonchev–Trinajstić information content (AvgIpc) is 3.55. The van der Waals surface area contributed by atoms with Gasteiger partial charge in [-0.1, -0.05) is 0 Å². The highest BCUT2D eigenvalue weighted by Gasteiger charge is 2.29. The van der Waals surface area contributed by atoms with Crippen LogP contribution < -0.4 is 14.8 Å². The van der Waals surface area contributed by atoms with Crippen molar-refractivity contribution in [1.29, 1.82) is 0 Å². The van der Waals surface area contributed by atoms with Crippen LogP contribution in [0.2, 0.25) is 0 Å². The molecule has 0 spiro atoms. The summed E-state index contributed by atoms with van der Waals surface area (Å²) in [6, 6.07) is 15.1. The Hall–Kier alpha value is -4.29. The van der Waals surface area contributed by atoms with Gasteiger partial charge in [0.05, 0.1) is 18.3 Å². The van der Waals surface area contributed by atoms with Gasteiger partial charge in [0.25, 0.3) is 0 Å².